The molecule has 0 spiro atoms. The zero-order valence-electron chi connectivity index (χ0n) is 18.3. The first-order chi connectivity index (χ1) is 16.7. The van der Waals surface area contributed by atoms with Crippen LogP contribution in [0.1, 0.15) is 40.6 Å². The number of alkyl halides is 3. The van der Waals surface area contributed by atoms with Gasteiger partial charge in [0.05, 0.1) is 17.3 Å². The highest BCUT2D eigenvalue weighted by atomic mass is 19.4. The van der Waals surface area contributed by atoms with E-state index in [-0.39, 0.29) is 17.4 Å². The summed E-state index contributed by atoms with van der Waals surface area (Å²) in [5.74, 6) is -0.237. The summed E-state index contributed by atoms with van der Waals surface area (Å²) < 4.78 is 42.3. The average Bonchev–Trinajstić information content (AvgIpc) is 3.54. The number of anilines is 1. The molecule has 4 aromatic rings. The molecule has 178 valence electrons. The van der Waals surface area contributed by atoms with Gasteiger partial charge < -0.3 is 5.32 Å². The largest absolute Gasteiger partial charge is 0.416 e. The van der Waals surface area contributed by atoms with Crippen molar-refractivity contribution < 1.29 is 18.0 Å². The smallest absolute Gasteiger partial charge is 0.320 e. The Morgan fingerprint density at radius 3 is 2.60 bits per heavy atom. The molecule has 0 atom stereocenters. The lowest BCUT2D eigenvalue weighted by Crippen LogP contribution is -2.27. The van der Waals surface area contributed by atoms with Crippen LogP contribution in [0.4, 0.5) is 18.9 Å². The molecule has 2 aromatic heterocycles. The van der Waals surface area contributed by atoms with Crippen molar-refractivity contribution in [3.8, 4) is 17.1 Å². The zero-order chi connectivity index (χ0) is 24.7. The highest BCUT2D eigenvalue weighted by Crippen LogP contribution is 2.37. The molecule has 0 aliphatic heterocycles. The highest BCUT2D eigenvalue weighted by molar-refractivity contribution is 6.03. The van der Waals surface area contributed by atoms with Gasteiger partial charge in [0.15, 0.2) is 11.5 Å². The number of carbonyl (C=O) groups is 1. The van der Waals surface area contributed by atoms with Gasteiger partial charge in [0.1, 0.15) is 0 Å². The Kier molecular flexibility index (Phi) is 5.42. The number of halogens is 3. The lowest BCUT2D eigenvalue weighted by Gasteiger charge is -2.14. The van der Waals surface area contributed by atoms with E-state index in [2.05, 4.69) is 25.9 Å². The molecule has 5 rings (SSSR count). The van der Waals surface area contributed by atoms with Gasteiger partial charge in [-0.2, -0.15) is 18.3 Å². The van der Waals surface area contributed by atoms with Crippen molar-refractivity contribution in [3.63, 3.8) is 0 Å². The highest BCUT2D eigenvalue weighted by Gasteiger charge is 2.31. The van der Waals surface area contributed by atoms with Crippen LogP contribution in [-0.2, 0) is 6.18 Å². The fourth-order valence-electron chi connectivity index (χ4n) is 3.66. The van der Waals surface area contributed by atoms with E-state index in [4.69, 9.17) is 0 Å². The van der Waals surface area contributed by atoms with Crippen LogP contribution in [0.3, 0.4) is 0 Å². The van der Waals surface area contributed by atoms with Crippen LogP contribution in [0.5, 0.6) is 0 Å². The number of rotatable bonds is 5. The molecule has 0 radical (unpaired) electrons. The van der Waals surface area contributed by atoms with Crippen molar-refractivity contribution in [1.29, 1.82) is 0 Å². The van der Waals surface area contributed by atoms with Crippen molar-refractivity contribution in [2.45, 2.75) is 32.0 Å². The van der Waals surface area contributed by atoms with Crippen molar-refractivity contribution in [1.82, 2.24) is 30.0 Å². The van der Waals surface area contributed by atoms with Gasteiger partial charge >= 0.3 is 6.18 Å². The molecule has 0 bridgehead atoms. The summed E-state index contributed by atoms with van der Waals surface area (Å²) in [7, 11) is 0. The average molecular weight is 481 g/mol. The number of amides is 1. The Morgan fingerprint density at radius 1 is 1.09 bits per heavy atom. The lowest BCUT2D eigenvalue weighted by atomic mass is 10.2. The van der Waals surface area contributed by atoms with E-state index in [1.54, 1.807) is 28.9 Å². The maximum Gasteiger partial charge on any atom is 0.416 e. The third kappa shape index (κ3) is 4.54. The summed E-state index contributed by atoms with van der Waals surface area (Å²) in [4.78, 5) is 25.4. The first kappa shape index (κ1) is 22.4. The van der Waals surface area contributed by atoms with Crippen molar-refractivity contribution >= 4 is 11.6 Å². The topological polar surface area (TPSA) is 108 Å². The molecule has 0 unspecified atom stereocenters. The molecule has 2 aromatic carbocycles. The van der Waals surface area contributed by atoms with Crippen LogP contribution < -0.4 is 10.7 Å². The number of hydrogen-bond donors (Lipinski definition) is 1. The molecule has 1 N–H and O–H groups in total. The minimum Gasteiger partial charge on any atom is -0.320 e. The Morgan fingerprint density at radius 2 is 1.86 bits per heavy atom. The molecule has 9 nitrogen and oxygen atoms in total. The number of aromatic nitrogens is 6. The molecule has 1 aliphatic rings. The van der Waals surface area contributed by atoms with E-state index in [1.165, 1.54) is 19.1 Å². The molecule has 1 saturated carbocycles. The molecule has 2 heterocycles. The first-order valence-electron chi connectivity index (χ1n) is 10.7. The maximum absolute atomic E-state index is 13.1. The summed E-state index contributed by atoms with van der Waals surface area (Å²) in [6.45, 7) is 1.52. The van der Waals surface area contributed by atoms with Crippen LogP contribution in [0.25, 0.3) is 17.1 Å². The molecular weight excluding hydrogens is 463 g/mol. The van der Waals surface area contributed by atoms with E-state index in [1.807, 2.05) is 0 Å². The summed E-state index contributed by atoms with van der Waals surface area (Å²) in [6.07, 6.45) is -2.56. The van der Waals surface area contributed by atoms with Crippen LogP contribution in [0.15, 0.2) is 59.4 Å². The Balaban J connectivity index is 1.45. The van der Waals surface area contributed by atoms with E-state index in [0.717, 1.165) is 35.7 Å². The van der Waals surface area contributed by atoms with Crippen molar-refractivity contribution in [2.24, 2.45) is 0 Å². The number of nitrogens with zero attached hydrogens (tertiary/aromatic N) is 6. The van der Waals surface area contributed by atoms with Gasteiger partial charge in [-0.1, -0.05) is 18.2 Å². The third-order valence-corrected chi connectivity index (χ3v) is 5.50. The summed E-state index contributed by atoms with van der Waals surface area (Å²) in [5.41, 5.74) is -0.576. The summed E-state index contributed by atoms with van der Waals surface area (Å²) in [5, 5.41) is 18.5. The molecule has 1 amide bonds. The molecule has 1 aliphatic carbocycles. The second-order valence-electron chi connectivity index (χ2n) is 8.17. The Bertz CT molecular complexity index is 1490. The number of nitrogens with one attached hydrogen (secondary N) is 1. The maximum atomic E-state index is 13.1. The van der Waals surface area contributed by atoms with Crippen LogP contribution >= 0.6 is 0 Å². The lowest BCUT2D eigenvalue weighted by molar-refractivity contribution is -0.137. The van der Waals surface area contributed by atoms with Gasteiger partial charge in [-0.05, 0) is 60.5 Å². The van der Waals surface area contributed by atoms with Gasteiger partial charge in [0.2, 0.25) is 5.43 Å². The first-order valence-corrected chi connectivity index (χ1v) is 10.7. The molecule has 1 fully saturated rings. The SMILES string of the molecule is Cc1cc(=O)c(C(=O)Nc2cccc(-c3nnnn3C3CC3)c2)nn1-c1cccc(C(F)(F)F)c1. The fraction of sp³-hybridized carbons (Fsp3) is 0.217. The number of benzene rings is 2. The predicted octanol–water partition coefficient (Wildman–Crippen LogP) is 3.80. The van der Waals surface area contributed by atoms with E-state index in [0.29, 0.717) is 17.1 Å². The fourth-order valence-corrected chi connectivity index (χ4v) is 3.66. The normalized spacial score (nSPS) is 13.6. The summed E-state index contributed by atoms with van der Waals surface area (Å²) in [6, 6.07) is 12.7. The van der Waals surface area contributed by atoms with Crippen LogP contribution in [-0.4, -0.2) is 35.9 Å². The standard InChI is InChI=1S/C23H18F3N7O2/c1-13-10-19(34)20(29-32(13)18-7-3-5-15(12-18)23(24,25)26)22(35)27-16-6-2-4-14(11-16)21-28-30-31-33(21)17-8-9-17/h2-7,10-12,17H,8-9H2,1H3,(H,27,35). The number of tetrazole rings is 1. The van der Waals surface area contributed by atoms with Gasteiger partial charge in [0.25, 0.3) is 5.91 Å². The minimum absolute atomic E-state index is 0.0697. The van der Waals surface area contributed by atoms with E-state index < -0.39 is 28.8 Å². The van der Waals surface area contributed by atoms with Crippen LogP contribution in [0, 0.1) is 6.92 Å². The van der Waals surface area contributed by atoms with Gasteiger partial charge in [-0.3, -0.25) is 9.59 Å². The molecule has 12 heteroatoms. The quantitative estimate of drug-likeness (QED) is 0.465. The molecule has 35 heavy (non-hydrogen) atoms. The van der Waals surface area contributed by atoms with Gasteiger partial charge in [-0.25, -0.2) is 9.36 Å². The second-order valence-corrected chi connectivity index (χ2v) is 8.17. The van der Waals surface area contributed by atoms with Crippen molar-refractivity contribution in [2.75, 3.05) is 5.32 Å². The Hall–Kier alpha value is -4.35. The number of aryl methyl sites for hydroxylation is 1. The monoisotopic (exact) mass is 481 g/mol. The third-order valence-electron chi connectivity index (χ3n) is 5.50. The Labute approximate surface area is 196 Å². The van der Waals surface area contributed by atoms with Gasteiger partial charge in [0, 0.05) is 23.0 Å². The van der Waals surface area contributed by atoms with E-state index >= 15 is 0 Å². The summed E-state index contributed by atoms with van der Waals surface area (Å²) >= 11 is 0. The number of carbonyl (C=O) groups excluding carboxylic acids is 1. The van der Waals surface area contributed by atoms with Crippen molar-refractivity contribution in [3.05, 3.63) is 81.8 Å². The molecule has 0 saturated heterocycles. The molecular formula is C23H18F3N7O2. The number of hydrogen-bond acceptors (Lipinski definition) is 6. The van der Waals surface area contributed by atoms with Gasteiger partial charge in [-0.15, -0.1) is 5.10 Å². The predicted molar refractivity (Wildman–Crippen MR) is 119 cm³/mol. The second kappa shape index (κ2) is 8.46. The van der Waals surface area contributed by atoms with E-state index in [9.17, 15) is 22.8 Å². The zero-order valence-corrected chi connectivity index (χ0v) is 18.3. The minimum atomic E-state index is -4.55. The van der Waals surface area contributed by atoms with Crippen LogP contribution in [0.2, 0.25) is 0 Å².